The van der Waals surface area contributed by atoms with Gasteiger partial charge < -0.3 is 10.1 Å². The zero-order chi connectivity index (χ0) is 23.7. The maximum Gasteiger partial charge on any atom is 0.266 e. The van der Waals surface area contributed by atoms with E-state index in [1.165, 1.54) is 42.7 Å². The standard InChI is InChI=1S/C23H21N5O4S/c1-2-14-32-21-7-4-3-6-17(21)15-18(16-24)22(29)27-19-8-10-20(11-9-19)33(30,31)28-23-25-12-5-13-26-23/h3-13,15H,2,14H2,1H3,(H,27,29)(H,25,26,28)/b18-15+. The van der Waals surface area contributed by atoms with Crippen LogP contribution in [0.5, 0.6) is 5.75 Å². The van der Waals surface area contributed by atoms with Crippen LogP contribution in [0.3, 0.4) is 0 Å². The SMILES string of the molecule is CCCOc1ccccc1/C=C(\C#N)C(=O)Nc1ccc(S(=O)(=O)Nc2ncccn2)cc1. The highest BCUT2D eigenvalue weighted by molar-refractivity contribution is 7.92. The molecule has 2 aromatic carbocycles. The molecule has 0 spiro atoms. The monoisotopic (exact) mass is 463 g/mol. The molecule has 3 aromatic rings. The summed E-state index contributed by atoms with van der Waals surface area (Å²) in [6.45, 7) is 2.49. The fraction of sp³-hybridized carbons (Fsp3) is 0.130. The first-order valence-electron chi connectivity index (χ1n) is 9.98. The summed E-state index contributed by atoms with van der Waals surface area (Å²) < 4.78 is 32.8. The molecule has 0 aliphatic carbocycles. The molecule has 1 aromatic heterocycles. The highest BCUT2D eigenvalue weighted by Gasteiger charge is 2.16. The Bertz CT molecular complexity index is 1280. The van der Waals surface area contributed by atoms with E-state index >= 15 is 0 Å². The third-order valence-corrected chi connectivity index (χ3v) is 5.60. The molecule has 0 saturated carbocycles. The summed E-state index contributed by atoms with van der Waals surface area (Å²) in [6, 6.07) is 16.1. The first-order chi connectivity index (χ1) is 15.9. The smallest absolute Gasteiger partial charge is 0.266 e. The Hall–Kier alpha value is -4.23. The van der Waals surface area contributed by atoms with Crippen LogP contribution in [0.4, 0.5) is 11.6 Å². The summed E-state index contributed by atoms with van der Waals surface area (Å²) in [6.07, 6.45) is 5.10. The third kappa shape index (κ3) is 6.38. The van der Waals surface area contributed by atoms with Gasteiger partial charge in [-0.25, -0.2) is 23.1 Å². The molecule has 0 unspecified atom stereocenters. The Morgan fingerprint density at radius 3 is 2.45 bits per heavy atom. The van der Waals surface area contributed by atoms with Gasteiger partial charge >= 0.3 is 0 Å². The molecule has 10 heteroatoms. The van der Waals surface area contributed by atoms with Gasteiger partial charge in [-0.1, -0.05) is 25.1 Å². The van der Waals surface area contributed by atoms with E-state index in [9.17, 15) is 18.5 Å². The van der Waals surface area contributed by atoms with Crippen LogP contribution in [0.1, 0.15) is 18.9 Å². The molecule has 3 rings (SSSR count). The predicted octanol–water partition coefficient (Wildman–Crippen LogP) is 3.61. The number of para-hydroxylation sites is 1. The number of benzene rings is 2. The number of nitrogens with zero attached hydrogens (tertiary/aromatic N) is 3. The molecular formula is C23H21N5O4S. The molecule has 0 aliphatic heterocycles. The van der Waals surface area contributed by atoms with Crippen LogP contribution in [-0.4, -0.2) is 30.9 Å². The van der Waals surface area contributed by atoms with Crippen LogP contribution >= 0.6 is 0 Å². The molecule has 0 aliphatic rings. The molecule has 0 saturated heterocycles. The van der Waals surface area contributed by atoms with Crippen molar-refractivity contribution in [2.45, 2.75) is 18.2 Å². The molecule has 33 heavy (non-hydrogen) atoms. The number of sulfonamides is 1. The van der Waals surface area contributed by atoms with Gasteiger partial charge in [-0.3, -0.25) is 4.79 Å². The van der Waals surface area contributed by atoms with Crippen molar-refractivity contribution in [2.24, 2.45) is 0 Å². The van der Waals surface area contributed by atoms with Gasteiger partial charge in [-0.2, -0.15) is 5.26 Å². The zero-order valence-corrected chi connectivity index (χ0v) is 18.5. The van der Waals surface area contributed by atoms with Gasteiger partial charge in [0.1, 0.15) is 17.4 Å². The third-order valence-electron chi connectivity index (χ3n) is 4.26. The van der Waals surface area contributed by atoms with Gasteiger partial charge in [0.15, 0.2) is 0 Å². The fourth-order valence-corrected chi connectivity index (χ4v) is 3.65. The van der Waals surface area contributed by atoms with Gasteiger partial charge in [0, 0.05) is 23.6 Å². The molecule has 1 amide bonds. The topological polar surface area (TPSA) is 134 Å². The molecular weight excluding hydrogens is 442 g/mol. The lowest BCUT2D eigenvalue weighted by molar-refractivity contribution is -0.112. The van der Waals surface area contributed by atoms with Crippen molar-refractivity contribution in [3.05, 3.63) is 78.1 Å². The molecule has 9 nitrogen and oxygen atoms in total. The summed E-state index contributed by atoms with van der Waals surface area (Å²) in [5.74, 6) is -0.111. The average Bonchev–Trinajstić information content (AvgIpc) is 2.82. The van der Waals surface area contributed by atoms with E-state index in [0.717, 1.165) is 6.42 Å². The summed E-state index contributed by atoms with van der Waals surface area (Å²) >= 11 is 0. The minimum atomic E-state index is -3.90. The van der Waals surface area contributed by atoms with Crippen LogP contribution in [0.15, 0.2) is 77.5 Å². The molecule has 0 fully saturated rings. The predicted molar refractivity (Wildman–Crippen MR) is 124 cm³/mol. The number of carbonyl (C=O) groups is 1. The minimum Gasteiger partial charge on any atom is -0.493 e. The van der Waals surface area contributed by atoms with E-state index < -0.39 is 15.9 Å². The quantitative estimate of drug-likeness (QED) is 0.366. The molecule has 0 radical (unpaired) electrons. The maximum atomic E-state index is 12.6. The Morgan fingerprint density at radius 2 is 1.79 bits per heavy atom. The lowest BCUT2D eigenvalue weighted by Crippen LogP contribution is -2.16. The number of rotatable bonds is 9. The summed E-state index contributed by atoms with van der Waals surface area (Å²) in [7, 11) is -3.90. The van der Waals surface area contributed by atoms with Gasteiger partial charge in [0.05, 0.1) is 11.5 Å². The van der Waals surface area contributed by atoms with Gasteiger partial charge in [-0.15, -0.1) is 0 Å². The number of hydrogen-bond donors (Lipinski definition) is 2. The summed E-state index contributed by atoms with van der Waals surface area (Å²) in [5.41, 5.74) is 0.807. The molecule has 0 atom stereocenters. The Morgan fingerprint density at radius 1 is 1.09 bits per heavy atom. The number of aromatic nitrogens is 2. The number of amides is 1. The van der Waals surface area contributed by atoms with E-state index in [-0.39, 0.29) is 16.4 Å². The summed E-state index contributed by atoms with van der Waals surface area (Å²) in [5, 5.41) is 12.1. The first-order valence-corrected chi connectivity index (χ1v) is 11.5. The molecule has 2 N–H and O–H groups in total. The number of nitrogens with one attached hydrogen (secondary N) is 2. The van der Waals surface area contributed by atoms with Gasteiger partial charge in [-0.05, 0) is 48.9 Å². The van der Waals surface area contributed by atoms with E-state index in [1.54, 1.807) is 24.3 Å². The lowest BCUT2D eigenvalue weighted by Gasteiger charge is -2.09. The molecule has 1 heterocycles. The fourth-order valence-electron chi connectivity index (χ4n) is 2.69. The van der Waals surface area contributed by atoms with Crippen molar-refractivity contribution < 1.29 is 17.9 Å². The number of hydrogen-bond acceptors (Lipinski definition) is 7. The number of nitriles is 1. The number of ether oxygens (including phenoxy) is 1. The maximum absolute atomic E-state index is 12.6. The van der Waals surface area contributed by atoms with Crippen molar-refractivity contribution in [3.8, 4) is 11.8 Å². The Kier molecular flexibility index (Phi) is 7.73. The largest absolute Gasteiger partial charge is 0.493 e. The molecule has 168 valence electrons. The van der Waals surface area contributed by atoms with E-state index in [4.69, 9.17) is 4.74 Å². The Labute approximate surface area is 191 Å². The van der Waals surface area contributed by atoms with Crippen LogP contribution in [0, 0.1) is 11.3 Å². The van der Waals surface area contributed by atoms with E-state index in [0.29, 0.717) is 23.6 Å². The highest BCUT2D eigenvalue weighted by Crippen LogP contribution is 2.22. The van der Waals surface area contributed by atoms with Crippen molar-refractivity contribution in [2.75, 3.05) is 16.6 Å². The van der Waals surface area contributed by atoms with Crippen molar-refractivity contribution in [1.82, 2.24) is 9.97 Å². The van der Waals surface area contributed by atoms with Crippen LogP contribution in [0.25, 0.3) is 6.08 Å². The van der Waals surface area contributed by atoms with E-state index in [1.807, 2.05) is 19.1 Å². The normalized spacial score (nSPS) is 11.3. The average molecular weight is 464 g/mol. The van der Waals surface area contributed by atoms with Crippen LogP contribution in [-0.2, 0) is 14.8 Å². The summed E-state index contributed by atoms with van der Waals surface area (Å²) in [4.78, 5) is 20.2. The van der Waals surface area contributed by atoms with Gasteiger partial charge in [0.25, 0.3) is 15.9 Å². The Balaban J connectivity index is 1.73. The minimum absolute atomic E-state index is 0.0361. The first kappa shape index (κ1) is 23.4. The van der Waals surface area contributed by atoms with Crippen molar-refractivity contribution >= 4 is 33.6 Å². The van der Waals surface area contributed by atoms with Crippen LogP contribution < -0.4 is 14.8 Å². The van der Waals surface area contributed by atoms with Crippen molar-refractivity contribution in [1.29, 1.82) is 5.26 Å². The second-order valence-corrected chi connectivity index (χ2v) is 8.39. The van der Waals surface area contributed by atoms with Crippen molar-refractivity contribution in [3.63, 3.8) is 0 Å². The molecule has 0 bridgehead atoms. The second kappa shape index (κ2) is 10.9. The zero-order valence-electron chi connectivity index (χ0n) is 17.7. The van der Waals surface area contributed by atoms with Gasteiger partial charge in [0.2, 0.25) is 5.95 Å². The number of anilines is 2. The highest BCUT2D eigenvalue weighted by atomic mass is 32.2. The lowest BCUT2D eigenvalue weighted by atomic mass is 10.1. The second-order valence-electron chi connectivity index (χ2n) is 6.71. The van der Waals surface area contributed by atoms with E-state index in [2.05, 4.69) is 20.0 Å². The number of carbonyl (C=O) groups excluding carboxylic acids is 1. The van der Waals surface area contributed by atoms with Crippen LogP contribution in [0.2, 0.25) is 0 Å².